The smallest absolute Gasteiger partial charge is 0.350 e. The monoisotopic (exact) mass is 487 g/mol. The van der Waals surface area contributed by atoms with Crippen LogP contribution in [0.1, 0.15) is 61.0 Å². The summed E-state index contributed by atoms with van der Waals surface area (Å²) in [6.45, 7) is 9.60. The minimum Gasteiger partial charge on any atom is -0.465 e. The van der Waals surface area contributed by atoms with Crippen LogP contribution in [-0.2, 0) is 14.3 Å². The lowest BCUT2D eigenvalue weighted by molar-refractivity contribution is -0.130. The summed E-state index contributed by atoms with van der Waals surface area (Å²) in [7, 11) is 1.36. The summed E-state index contributed by atoms with van der Waals surface area (Å²) in [5.41, 5.74) is 0.100. The van der Waals surface area contributed by atoms with E-state index in [9.17, 15) is 14.4 Å². The van der Waals surface area contributed by atoms with Crippen LogP contribution in [0.3, 0.4) is 0 Å². The molecule has 1 aromatic rings. The standard InChI is InChI=1S/C26H37N3O4S/c1-19(2)5-6-21-15-22(24(34-21)25(32)33-4)29(16-23(31)28-13-11-27-12-14-28)17-26(18-30)9-7-20(3)8-10-26/h15,18-20,27H,7-14,16-17H2,1-4H3. The van der Waals surface area contributed by atoms with Crippen LogP contribution in [0.2, 0.25) is 0 Å². The summed E-state index contributed by atoms with van der Waals surface area (Å²) < 4.78 is 5.07. The van der Waals surface area contributed by atoms with E-state index in [1.165, 1.54) is 18.4 Å². The van der Waals surface area contributed by atoms with Crippen LogP contribution in [0.25, 0.3) is 0 Å². The van der Waals surface area contributed by atoms with Crippen molar-refractivity contribution in [2.45, 2.75) is 46.5 Å². The normalized spacial score (nSPS) is 22.6. The maximum Gasteiger partial charge on any atom is 0.350 e. The van der Waals surface area contributed by atoms with Crippen molar-refractivity contribution in [2.75, 3.05) is 51.3 Å². The van der Waals surface area contributed by atoms with Crippen molar-refractivity contribution in [1.29, 1.82) is 0 Å². The summed E-state index contributed by atoms with van der Waals surface area (Å²) in [5, 5.41) is 3.27. The second kappa shape index (κ2) is 11.9. The Balaban J connectivity index is 1.98. The minimum atomic E-state index is -0.532. The topological polar surface area (TPSA) is 79.0 Å². The SMILES string of the molecule is COC(=O)c1sc(C#CC(C)C)cc1N(CC(=O)N1CCNCC1)CC1(C=O)CCC(C)CC1. The van der Waals surface area contributed by atoms with Crippen LogP contribution >= 0.6 is 11.3 Å². The van der Waals surface area contributed by atoms with Crippen molar-refractivity contribution < 1.29 is 19.1 Å². The molecule has 1 amide bonds. The highest BCUT2D eigenvalue weighted by molar-refractivity contribution is 7.15. The molecule has 1 N–H and O–H groups in total. The molecule has 0 aromatic carbocycles. The van der Waals surface area contributed by atoms with Gasteiger partial charge in [-0.15, -0.1) is 11.3 Å². The minimum absolute atomic E-state index is 0.00329. The Bertz CT molecular complexity index is 932. The van der Waals surface area contributed by atoms with Gasteiger partial charge in [0.15, 0.2) is 0 Å². The first-order chi connectivity index (χ1) is 16.3. The molecule has 8 heteroatoms. The fourth-order valence-corrected chi connectivity index (χ4v) is 5.53. The lowest BCUT2D eigenvalue weighted by Gasteiger charge is -2.40. The number of amides is 1. The fraction of sp³-hybridized carbons (Fsp3) is 0.654. The number of thiophene rings is 1. The molecule has 0 spiro atoms. The van der Waals surface area contributed by atoms with Crippen molar-refractivity contribution in [2.24, 2.45) is 17.3 Å². The number of esters is 1. The van der Waals surface area contributed by atoms with Gasteiger partial charge in [0.05, 0.1) is 24.2 Å². The number of nitrogens with zero attached hydrogens (tertiary/aromatic N) is 2. The lowest BCUT2D eigenvalue weighted by Crippen LogP contribution is -2.51. The largest absolute Gasteiger partial charge is 0.465 e. The Labute approximate surface area is 207 Å². The molecule has 2 fully saturated rings. The third-order valence-electron chi connectivity index (χ3n) is 6.73. The van der Waals surface area contributed by atoms with Gasteiger partial charge in [0.2, 0.25) is 5.91 Å². The zero-order valence-electron chi connectivity index (χ0n) is 20.8. The number of hydrogen-bond acceptors (Lipinski definition) is 7. The third-order valence-corrected chi connectivity index (χ3v) is 7.75. The molecule has 1 aliphatic heterocycles. The van der Waals surface area contributed by atoms with Crippen LogP contribution in [0.15, 0.2) is 6.07 Å². The van der Waals surface area contributed by atoms with Crippen LogP contribution in [-0.4, -0.2) is 69.4 Å². The van der Waals surface area contributed by atoms with E-state index < -0.39 is 11.4 Å². The highest BCUT2D eigenvalue weighted by Gasteiger charge is 2.38. The molecule has 1 aliphatic carbocycles. The van der Waals surface area contributed by atoms with Crippen LogP contribution in [0.4, 0.5) is 5.69 Å². The Morgan fingerprint density at radius 1 is 1.32 bits per heavy atom. The molecule has 2 heterocycles. The number of nitrogens with one attached hydrogen (secondary N) is 1. The van der Waals surface area contributed by atoms with Crippen molar-refractivity contribution in [3.63, 3.8) is 0 Å². The first kappa shape index (κ1) is 26.2. The van der Waals surface area contributed by atoms with Crippen molar-refractivity contribution in [1.82, 2.24) is 10.2 Å². The molecule has 2 aliphatic rings. The first-order valence-electron chi connectivity index (χ1n) is 12.2. The van der Waals surface area contributed by atoms with Crippen molar-refractivity contribution >= 4 is 35.2 Å². The average molecular weight is 488 g/mol. The molecule has 186 valence electrons. The van der Waals surface area contributed by atoms with E-state index in [0.29, 0.717) is 36.1 Å². The Kier molecular flexibility index (Phi) is 9.15. The van der Waals surface area contributed by atoms with E-state index in [1.54, 1.807) is 0 Å². The van der Waals surface area contributed by atoms with Gasteiger partial charge in [0.25, 0.3) is 0 Å². The molecule has 1 saturated carbocycles. The molecule has 1 aromatic heterocycles. The molecule has 0 radical (unpaired) electrons. The number of ether oxygens (including phenoxy) is 1. The molecule has 34 heavy (non-hydrogen) atoms. The van der Waals surface area contributed by atoms with E-state index >= 15 is 0 Å². The van der Waals surface area contributed by atoms with Gasteiger partial charge < -0.3 is 24.6 Å². The summed E-state index contributed by atoms with van der Waals surface area (Å²) in [6, 6.07) is 1.88. The number of methoxy groups -OCH3 is 1. The lowest BCUT2D eigenvalue weighted by atomic mass is 9.71. The third kappa shape index (κ3) is 6.61. The summed E-state index contributed by atoms with van der Waals surface area (Å²) in [6.07, 6.45) is 4.61. The molecular weight excluding hydrogens is 450 g/mol. The Hall–Kier alpha value is -2.37. The molecule has 1 saturated heterocycles. The average Bonchev–Trinajstić information content (AvgIpc) is 3.28. The number of piperazine rings is 1. The van der Waals surface area contributed by atoms with Crippen molar-refractivity contribution in [3.05, 3.63) is 15.8 Å². The van der Waals surface area contributed by atoms with Gasteiger partial charge in [-0.05, 0) is 37.7 Å². The number of rotatable bonds is 7. The first-order valence-corrected chi connectivity index (χ1v) is 13.0. The van der Waals surface area contributed by atoms with Gasteiger partial charge >= 0.3 is 5.97 Å². The maximum absolute atomic E-state index is 13.3. The zero-order chi connectivity index (χ0) is 24.7. The second-order valence-electron chi connectivity index (χ2n) is 9.89. The van der Waals surface area contributed by atoms with Gasteiger partial charge in [0.1, 0.15) is 11.2 Å². The fourth-order valence-electron chi connectivity index (χ4n) is 4.57. The molecule has 0 bridgehead atoms. The number of carbonyl (C=O) groups is 3. The highest BCUT2D eigenvalue weighted by atomic mass is 32.1. The van der Waals surface area contributed by atoms with Crippen LogP contribution in [0, 0.1) is 29.1 Å². The number of anilines is 1. The van der Waals surface area contributed by atoms with Crippen LogP contribution in [0.5, 0.6) is 0 Å². The molecule has 0 atom stereocenters. The maximum atomic E-state index is 13.3. The van der Waals surface area contributed by atoms with Crippen molar-refractivity contribution in [3.8, 4) is 11.8 Å². The van der Waals surface area contributed by atoms with Gasteiger partial charge in [-0.25, -0.2) is 4.79 Å². The number of carbonyl (C=O) groups excluding carboxylic acids is 3. The number of aldehydes is 1. The van der Waals surface area contributed by atoms with E-state index in [0.717, 1.165) is 49.9 Å². The molecular formula is C26H37N3O4S. The van der Waals surface area contributed by atoms with Gasteiger partial charge in [0, 0.05) is 44.1 Å². The summed E-state index contributed by atoms with van der Waals surface area (Å²) in [5.74, 6) is 6.64. The molecule has 7 nitrogen and oxygen atoms in total. The van der Waals surface area contributed by atoms with E-state index in [4.69, 9.17) is 4.74 Å². The van der Waals surface area contributed by atoms with E-state index in [1.807, 2.05) is 29.7 Å². The summed E-state index contributed by atoms with van der Waals surface area (Å²) in [4.78, 5) is 43.3. The van der Waals surface area contributed by atoms with E-state index in [-0.39, 0.29) is 18.4 Å². The zero-order valence-corrected chi connectivity index (χ0v) is 21.6. The van der Waals surface area contributed by atoms with Gasteiger partial charge in [-0.3, -0.25) is 4.79 Å². The number of hydrogen-bond donors (Lipinski definition) is 1. The summed E-state index contributed by atoms with van der Waals surface area (Å²) >= 11 is 1.28. The highest BCUT2D eigenvalue weighted by Crippen LogP contribution is 2.40. The predicted molar refractivity (Wildman–Crippen MR) is 135 cm³/mol. The quantitative estimate of drug-likeness (QED) is 0.362. The predicted octanol–water partition coefficient (Wildman–Crippen LogP) is 3.18. The van der Waals surface area contributed by atoms with Gasteiger partial charge in [-0.2, -0.15) is 0 Å². The van der Waals surface area contributed by atoms with E-state index in [2.05, 4.69) is 24.1 Å². The van der Waals surface area contributed by atoms with Crippen LogP contribution < -0.4 is 10.2 Å². The molecule has 0 unspecified atom stereocenters. The van der Waals surface area contributed by atoms with Gasteiger partial charge in [-0.1, -0.05) is 32.6 Å². The Morgan fingerprint density at radius 3 is 2.59 bits per heavy atom. The Morgan fingerprint density at radius 2 is 2.00 bits per heavy atom. The molecule has 3 rings (SSSR count). The second-order valence-corrected chi connectivity index (χ2v) is 10.9.